The third kappa shape index (κ3) is 2.20. The summed E-state index contributed by atoms with van der Waals surface area (Å²) in [7, 11) is 0. The van der Waals surface area contributed by atoms with E-state index >= 15 is 0 Å². The molecule has 136 valence electrons. The van der Waals surface area contributed by atoms with Crippen molar-refractivity contribution >= 4 is 0 Å². The smallest absolute Gasteiger partial charge is 0.0493 e. The van der Waals surface area contributed by atoms with E-state index in [-0.39, 0.29) is 11.5 Å². The molecule has 0 aliphatic heterocycles. The highest BCUT2D eigenvalue weighted by Gasteiger charge is 2.60. The second-order valence-corrected chi connectivity index (χ2v) is 9.74. The van der Waals surface area contributed by atoms with Gasteiger partial charge < -0.3 is 16.6 Å². The molecule has 0 aromatic carbocycles. The minimum atomic E-state index is 0.0993. The van der Waals surface area contributed by atoms with E-state index in [1.54, 1.807) is 5.57 Å². The molecule has 0 spiro atoms. The van der Waals surface area contributed by atoms with Gasteiger partial charge in [0.15, 0.2) is 0 Å². The predicted octanol–water partition coefficient (Wildman–Crippen LogP) is 3.21. The molecule has 4 aliphatic rings. The van der Waals surface area contributed by atoms with Crippen molar-refractivity contribution < 1.29 is 5.11 Å². The van der Waals surface area contributed by atoms with Gasteiger partial charge in [0.05, 0.1) is 0 Å². The maximum atomic E-state index is 10.4. The molecule has 8 atom stereocenters. The number of aliphatic hydroxyl groups is 1. The van der Waals surface area contributed by atoms with E-state index in [9.17, 15) is 5.11 Å². The summed E-state index contributed by atoms with van der Waals surface area (Å²) in [5, 5.41) is 10.4. The molecular formula is C21H36N2O. The summed E-state index contributed by atoms with van der Waals surface area (Å²) >= 11 is 0. The van der Waals surface area contributed by atoms with Crippen LogP contribution >= 0.6 is 0 Å². The molecule has 0 aromatic heterocycles. The molecule has 0 amide bonds. The van der Waals surface area contributed by atoms with Gasteiger partial charge in [-0.1, -0.05) is 18.6 Å². The highest BCUT2D eigenvalue weighted by Crippen LogP contribution is 2.66. The molecule has 3 fully saturated rings. The maximum absolute atomic E-state index is 10.4. The highest BCUT2D eigenvalue weighted by molar-refractivity contribution is 5.26. The van der Waals surface area contributed by atoms with Crippen molar-refractivity contribution in [1.82, 2.24) is 0 Å². The van der Waals surface area contributed by atoms with E-state index in [2.05, 4.69) is 19.9 Å². The van der Waals surface area contributed by atoms with Gasteiger partial charge in [0.1, 0.15) is 0 Å². The van der Waals surface area contributed by atoms with Gasteiger partial charge in [-0.15, -0.1) is 0 Å². The third-order valence-corrected chi connectivity index (χ3v) is 8.85. The SMILES string of the molecule is C[C@H](N)[C@@H]1CC[C@H]2[C@H]3CC=C4C[C@H](N)CC[C@]4(C)[C@H]3CC[C@@]21CO. The van der Waals surface area contributed by atoms with Gasteiger partial charge in [0.2, 0.25) is 0 Å². The molecule has 0 radical (unpaired) electrons. The van der Waals surface area contributed by atoms with E-state index in [0.29, 0.717) is 29.9 Å². The van der Waals surface area contributed by atoms with Gasteiger partial charge in [-0.2, -0.15) is 0 Å². The molecule has 0 unspecified atom stereocenters. The van der Waals surface area contributed by atoms with E-state index in [1.807, 2.05) is 0 Å². The largest absolute Gasteiger partial charge is 0.396 e. The summed E-state index contributed by atoms with van der Waals surface area (Å²) < 4.78 is 0. The normalized spacial score (nSPS) is 52.0. The van der Waals surface area contributed by atoms with Crippen molar-refractivity contribution in [2.24, 2.45) is 46.0 Å². The van der Waals surface area contributed by atoms with Crippen LogP contribution in [0.15, 0.2) is 11.6 Å². The van der Waals surface area contributed by atoms with E-state index in [4.69, 9.17) is 11.5 Å². The Morgan fingerprint density at radius 2 is 2.00 bits per heavy atom. The zero-order valence-electron chi connectivity index (χ0n) is 15.5. The fraction of sp³-hybridized carbons (Fsp3) is 0.905. The van der Waals surface area contributed by atoms with Crippen LogP contribution in [0.2, 0.25) is 0 Å². The first-order chi connectivity index (χ1) is 11.4. The number of nitrogens with two attached hydrogens (primary N) is 2. The summed E-state index contributed by atoms with van der Waals surface area (Å²) in [6, 6.07) is 0.576. The minimum Gasteiger partial charge on any atom is -0.396 e. The third-order valence-electron chi connectivity index (χ3n) is 8.85. The van der Waals surface area contributed by atoms with Gasteiger partial charge in [0.25, 0.3) is 0 Å². The van der Waals surface area contributed by atoms with Crippen molar-refractivity contribution in [3.05, 3.63) is 11.6 Å². The Morgan fingerprint density at radius 1 is 1.21 bits per heavy atom. The second kappa shape index (κ2) is 5.82. The lowest BCUT2D eigenvalue weighted by Gasteiger charge is -2.58. The first-order valence-electron chi connectivity index (χ1n) is 10.2. The van der Waals surface area contributed by atoms with Gasteiger partial charge in [-0.3, -0.25) is 0 Å². The Hall–Kier alpha value is -0.380. The summed E-state index contributed by atoms with van der Waals surface area (Å²) in [5.74, 6) is 2.72. The predicted molar refractivity (Wildman–Crippen MR) is 98.2 cm³/mol. The molecule has 4 aliphatic carbocycles. The number of hydrogen-bond acceptors (Lipinski definition) is 3. The molecule has 0 heterocycles. The molecular weight excluding hydrogens is 296 g/mol. The lowest BCUT2D eigenvalue weighted by molar-refractivity contribution is -0.0802. The maximum Gasteiger partial charge on any atom is 0.0493 e. The van der Waals surface area contributed by atoms with Crippen molar-refractivity contribution in [2.75, 3.05) is 6.61 Å². The lowest BCUT2D eigenvalue weighted by Crippen LogP contribution is -2.54. The Labute approximate surface area is 147 Å². The van der Waals surface area contributed by atoms with Crippen LogP contribution in [-0.4, -0.2) is 23.8 Å². The Bertz CT molecular complexity index is 530. The Balaban J connectivity index is 1.67. The molecule has 0 bridgehead atoms. The van der Waals surface area contributed by atoms with Crippen LogP contribution in [0.25, 0.3) is 0 Å². The first-order valence-corrected chi connectivity index (χ1v) is 10.2. The van der Waals surface area contributed by atoms with Crippen LogP contribution in [0, 0.1) is 34.5 Å². The summed E-state index contributed by atoms with van der Waals surface area (Å²) in [4.78, 5) is 0. The van der Waals surface area contributed by atoms with Crippen molar-refractivity contribution in [3.63, 3.8) is 0 Å². The fourth-order valence-electron chi connectivity index (χ4n) is 7.64. The number of aliphatic hydroxyl groups excluding tert-OH is 1. The molecule has 4 rings (SSSR count). The van der Waals surface area contributed by atoms with Crippen LogP contribution in [0.1, 0.15) is 65.2 Å². The quantitative estimate of drug-likeness (QED) is 0.680. The van der Waals surface area contributed by atoms with Crippen LogP contribution < -0.4 is 11.5 Å². The Morgan fingerprint density at radius 3 is 2.71 bits per heavy atom. The van der Waals surface area contributed by atoms with Gasteiger partial charge in [-0.25, -0.2) is 0 Å². The number of allylic oxidation sites excluding steroid dienone is 1. The number of hydrogen-bond donors (Lipinski definition) is 3. The molecule has 5 N–H and O–H groups in total. The zero-order chi connectivity index (χ0) is 17.1. The van der Waals surface area contributed by atoms with E-state index < -0.39 is 0 Å². The lowest BCUT2D eigenvalue weighted by atomic mass is 9.47. The molecule has 0 aromatic rings. The van der Waals surface area contributed by atoms with Crippen molar-refractivity contribution in [2.45, 2.75) is 77.3 Å². The molecule has 3 nitrogen and oxygen atoms in total. The van der Waals surface area contributed by atoms with Crippen LogP contribution in [-0.2, 0) is 0 Å². The van der Waals surface area contributed by atoms with Gasteiger partial charge >= 0.3 is 0 Å². The average molecular weight is 333 g/mol. The van der Waals surface area contributed by atoms with Crippen LogP contribution in [0.4, 0.5) is 0 Å². The van der Waals surface area contributed by atoms with Crippen LogP contribution in [0.5, 0.6) is 0 Å². The molecule has 24 heavy (non-hydrogen) atoms. The highest BCUT2D eigenvalue weighted by atomic mass is 16.3. The van der Waals surface area contributed by atoms with Crippen molar-refractivity contribution in [3.8, 4) is 0 Å². The zero-order valence-corrected chi connectivity index (χ0v) is 15.5. The van der Waals surface area contributed by atoms with Gasteiger partial charge in [0, 0.05) is 24.1 Å². The fourth-order valence-corrected chi connectivity index (χ4v) is 7.64. The summed E-state index contributed by atoms with van der Waals surface area (Å²) in [6.07, 6.45) is 12.2. The standard InChI is InChI=1S/C21H36N2O/c1-13(22)17-5-6-19-16-4-3-14-11-15(23)7-9-20(14,2)18(16)8-10-21(17,19)12-24/h3,13,15-19,24H,4-12,22-23H2,1-2H3/t13-,15+,16-,17-,18-,19-,20-,21-/m0/s1. The molecule has 3 saturated carbocycles. The minimum absolute atomic E-state index is 0.0993. The number of rotatable bonds is 2. The summed E-state index contributed by atoms with van der Waals surface area (Å²) in [6.45, 7) is 5.01. The molecule has 3 heteroatoms. The van der Waals surface area contributed by atoms with E-state index in [0.717, 1.165) is 18.3 Å². The van der Waals surface area contributed by atoms with Gasteiger partial charge in [-0.05, 0) is 87.4 Å². The number of fused-ring (bicyclic) bond motifs is 5. The van der Waals surface area contributed by atoms with E-state index in [1.165, 1.54) is 44.9 Å². The first kappa shape index (κ1) is 17.1. The topological polar surface area (TPSA) is 72.3 Å². The summed E-state index contributed by atoms with van der Waals surface area (Å²) in [5.41, 5.74) is 14.7. The average Bonchev–Trinajstić information content (AvgIpc) is 2.95. The monoisotopic (exact) mass is 332 g/mol. The Kier molecular flexibility index (Phi) is 4.14. The van der Waals surface area contributed by atoms with Crippen LogP contribution in [0.3, 0.4) is 0 Å². The molecule has 0 saturated heterocycles. The second-order valence-electron chi connectivity index (χ2n) is 9.74. The van der Waals surface area contributed by atoms with Crippen molar-refractivity contribution in [1.29, 1.82) is 0 Å².